The summed E-state index contributed by atoms with van der Waals surface area (Å²) < 4.78 is 5.15. The molecule has 10 nitrogen and oxygen atoms in total. The monoisotopic (exact) mass is 492 g/mol. The van der Waals surface area contributed by atoms with Gasteiger partial charge in [-0.3, -0.25) is 19.2 Å². The van der Waals surface area contributed by atoms with Crippen LogP contribution in [0.15, 0.2) is 29.3 Å². The lowest BCUT2D eigenvalue weighted by molar-refractivity contribution is -0.148. The van der Waals surface area contributed by atoms with Crippen molar-refractivity contribution in [1.82, 2.24) is 10.2 Å². The van der Waals surface area contributed by atoms with Crippen LogP contribution in [-0.2, 0) is 19.1 Å². The molecule has 1 aliphatic rings. The highest BCUT2D eigenvalue weighted by molar-refractivity contribution is 8.01. The maximum absolute atomic E-state index is 12.9. The number of anilines is 1. The third kappa shape index (κ3) is 7.75. The average Bonchev–Trinajstić information content (AvgIpc) is 3.11. The molecule has 34 heavy (non-hydrogen) atoms. The quantitative estimate of drug-likeness (QED) is 0.264. The van der Waals surface area contributed by atoms with Crippen molar-refractivity contribution in [2.75, 3.05) is 38.1 Å². The van der Waals surface area contributed by atoms with Crippen LogP contribution in [0.5, 0.6) is 0 Å². The number of ether oxygens (including phenoxy) is 1. The molecule has 3 unspecified atom stereocenters. The number of aliphatic imine (C=N–C) groups is 1. The van der Waals surface area contributed by atoms with Crippen molar-refractivity contribution in [3.63, 3.8) is 0 Å². The number of benzene rings is 1. The second kappa shape index (κ2) is 13.6. The van der Waals surface area contributed by atoms with E-state index in [9.17, 15) is 19.2 Å². The average molecular weight is 493 g/mol. The molecule has 1 saturated heterocycles. The Hall–Kier alpha value is -3.08. The summed E-state index contributed by atoms with van der Waals surface area (Å²) in [5.41, 5.74) is 1.17. The van der Waals surface area contributed by atoms with Gasteiger partial charge in [0.2, 0.25) is 5.91 Å². The maximum Gasteiger partial charge on any atom is 0.310 e. The first kappa shape index (κ1) is 27.2. The number of amides is 2. The van der Waals surface area contributed by atoms with Gasteiger partial charge in [0.15, 0.2) is 0 Å². The van der Waals surface area contributed by atoms with E-state index in [2.05, 4.69) is 22.3 Å². The number of nitrogens with one attached hydrogen (secondary N) is 2. The van der Waals surface area contributed by atoms with Gasteiger partial charge in [-0.2, -0.15) is 0 Å². The smallest absolute Gasteiger partial charge is 0.310 e. The Balaban J connectivity index is 1.93. The van der Waals surface area contributed by atoms with Crippen LogP contribution in [0.1, 0.15) is 37.0 Å². The zero-order chi connectivity index (χ0) is 25.1. The fraction of sp³-hybridized carbons (Fsp3) is 0.522. The minimum absolute atomic E-state index is 0.00796. The Morgan fingerprint density at radius 3 is 2.56 bits per heavy atom. The van der Waals surface area contributed by atoms with Crippen molar-refractivity contribution in [2.45, 2.75) is 37.3 Å². The van der Waals surface area contributed by atoms with Crippen LogP contribution < -0.4 is 10.6 Å². The second-order valence-electron chi connectivity index (χ2n) is 7.65. The molecule has 3 N–H and O–H groups in total. The summed E-state index contributed by atoms with van der Waals surface area (Å²) in [6.45, 7) is 8.68. The minimum Gasteiger partial charge on any atom is -0.481 e. The minimum atomic E-state index is -0.975. The molecule has 1 heterocycles. The molecule has 1 aromatic carbocycles. The van der Waals surface area contributed by atoms with E-state index >= 15 is 0 Å². The van der Waals surface area contributed by atoms with E-state index in [4.69, 9.17) is 9.84 Å². The molecule has 0 aliphatic carbocycles. The summed E-state index contributed by atoms with van der Waals surface area (Å²) in [6.07, 6.45) is 0.309. The van der Waals surface area contributed by atoms with Crippen molar-refractivity contribution in [2.24, 2.45) is 10.9 Å². The number of carbonyl (C=O) groups is 4. The van der Waals surface area contributed by atoms with Crippen LogP contribution in [0, 0.1) is 5.92 Å². The first-order valence-corrected chi connectivity index (χ1v) is 12.1. The number of carboxylic acid groups (broad SMARTS) is 1. The largest absolute Gasteiger partial charge is 0.481 e. The lowest BCUT2D eigenvalue weighted by atomic mass is 10.1. The fourth-order valence-corrected chi connectivity index (χ4v) is 5.12. The Labute approximate surface area is 203 Å². The third-order valence-corrected chi connectivity index (χ3v) is 6.74. The van der Waals surface area contributed by atoms with Crippen LogP contribution in [0.3, 0.4) is 0 Å². The molecule has 0 saturated carbocycles. The van der Waals surface area contributed by atoms with E-state index in [0.29, 0.717) is 25.1 Å². The number of carboxylic acids is 1. The van der Waals surface area contributed by atoms with Crippen LogP contribution in [-0.4, -0.2) is 83.9 Å². The van der Waals surface area contributed by atoms with Gasteiger partial charge in [0.25, 0.3) is 5.91 Å². The molecule has 1 aliphatic heterocycles. The Morgan fingerprint density at radius 2 is 1.97 bits per heavy atom. The highest BCUT2D eigenvalue weighted by Crippen LogP contribution is 2.36. The number of aliphatic carboxylic acids is 1. The first-order valence-electron chi connectivity index (χ1n) is 11.2. The van der Waals surface area contributed by atoms with Crippen LogP contribution in [0.4, 0.5) is 5.69 Å². The van der Waals surface area contributed by atoms with Gasteiger partial charge >= 0.3 is 11.9 Å². The fourth-order valence-electron chi connectivity index (χ4n) is 3.57. The van der Waals surface area contributed by atoms with E-state index in [0.717, 1.165) is 5.69 Å². The molecule has 0 aromatic heterocycles. The van der Waals surface area contributed by atoms with Crippen molar-refractivity contribution in [3.8, 4) is 0 Å². The molecule has 1 fully saturated rings. The summed E-state index contributed by atoms with van der Waals surface area (Å²) in [7, 11) is 0. The number of carbonyl (C=O) groups excluding carboxylic acids is 3. The van der Waals surface area contributed by atoms with Gasteiger partial charge in [0.1, 0.15) is 5.25 Å². The number of nitrogens with zero attached hydrogens (tertiary/aromatic N) is 2. The van der Waals surface area contributed by atoms with E-state index in [1.807, 2.05) is 6.92 Å². The van der Waals surface area contributed by atoms with E-state index < -0.39 is 11.9 Å². The molecule has 0 bridgehead atoms. The van der Waals surface area contributed by atoms with E-state index in [-0.39, 0.29) is 54.5 Å². The zero-order valence-electron chi connectivity index (χ0n) is 19.5. The van der Waals surface area contributed by atoms with Crippen molar-refractivity contribution in [1.29, 1.82) is 0 Å². The van der Waals surface area contributed by atoms with Crippen molar-refractivity contribution in [3.05, 3.63) is 29.8 Å². The first-order chi connectivity index (χ1) is 16.3. The molecule has 0 spiro atoms. The van der Waals surface area contributed by atoms with E-state index in [1.165, 1.54) is 11.8 Å². The summed E-state index contributed by atoms with van der Waals surface area (Å²) >= 11 is 1.51. The van der Waals surface area contributed by atoms with Gasteiger partial charge in [0, 0.05) is 30.9 Å². The SMILES string of the molecule is C=NCC(CC1SC(CNc2ccc(C(=O)NCCC(=O)O)cc2)C(=O)N1CC)C(=O)OCC. The summed E-state index contributed by atoms with van der Waals surface area (Å²) in [5, 5.41) is 14.0. The van der Waals surface area contributed by atoms with Crippen molar-refractivity contribution >= 4 is 47.9 Å². The molecule has 3 atom stereocenters. The summed E-state index contributed by atoms with van der Waals surface area (Å²) in [4.78, 5) is 53.4. The van der Waals surface area contributed by atoms with Gasteiger partial charge in [-0.15, -0.1) is 11.8 Å². The molecular formula is C23H32N4O6S. The van der Waals surface area contributed by atoms with Gasteiger partial charge < -0.3 is 30.4 Å². The van der Waals surface area contributed by atoms with Gasteiger partial charge in [-0.25, -0.2) is 0 Å². The number of thioether (sulfide) groups is 1. The van der Waals surface area contributed by atoms with Crippen molar-refractivity contribution < 1.29 is 29.0 Å². The highest BCUT2D eigenvalue weighted by Gasteiger charge is 2.41. The second-order valence-corrected chi connectivity index (χ2v) is 9.04. The molecule has 1 aromatic rings. The van der Waals surface area contributed by atoms with E-state index in [1.54, 1.807) is 36.1 Å². The molecule has 186 valence electrons. The van der Waals surface area contributed by atoms with Crippen LogP contribution in [0.25, 0.3) is 0 Å². The normalized spacial score (nSPS) is 18.3. The highest BCUT2D eigenvalue weighted by atomic mass is 32.2. The molecule has 2 amide bonds. The predicted molar refractivity (Wildman–Crippen MR) is 131 cm³/mol. The number of hydrogen-bond acceptors (Lipinski definition) is 8. The van der Waals surface area contributed by atoms with Crippen LogP contribution in [0.2, 0.25) is 0 Å². The molecular weight excluding hydrogens is 460 g/mol. The molecule has 11 heteroatoms. The van der Waals surface area contributed by atoms with Gasteiger partial charge in [0.05, 0.1) is 30.9 Å². The Morgan fingerprint density at radius 1 is 1.26 bits per heavy atom. The van der Waals surface area contributed by atoms with Crippen LogP contribution >= 0.6 is 11.8 Å². The lowest BCUT2D eigenvalue weighted by Crippen LogP contribution is -2.38. The molecule has 2 rings (SSSR count). The number of hydrogen-bond donors (Lipinski definition) is 3. The zero-order valence-corrected chi connectivity index (χ0v) is 20.3. The van der Waals surface area contributed by atoms with Gasteiger partial charge in [-0.05, 0) is 51.3 Å². The Bertz CT molecular complexity index is 879. The number of rotatable bonds is 14. The third-order valence-electron chi connectivity index (χ3n) is 5.29. The Kier molecular flexibility index (Phi) is 10.9. The number of esters is 1. The van der Waals surface area contributed by atoms with Gasteiger partial charge in [-0.1, -0.05) is 0 Å². The standard InChI is InChI=1S/C23H32N4O6S/c1-4-27-19(12-16(13-24-3)23(32)33-5-2)34-18(22(27)31)14-26-17-8-6-15(7-9-17)21(30)25-11-10-20(28)29/h6-9,16,18-19,26H,3-5,10-14H2,1-2H3,(H,25,30)(H,28,29). The maximum atomic E-state index is 12.9. The summed E-state index contributed by atoms with van der Waals surface area (Å²) in [6, 6.07) is 6.74. The topological polar surface area (TPSA) is 137 Å². The molecule has 0 radical (unpaired) electrons. The predicted octanol–water partition coefficient (Wildman–Crippen LogP) is 1.86. The lowest BCUT2D eigenvalue weighted by Gasteiger charge is -2.25. The summed E-state index contributed by atoms with van der Waals surface area (Å²) in [5.74, 6) is -2.09.